The number of hydrogen-bond acceptors (Lipinski definition) is 3. The van der Waals surface area contributed by atoms with Crippen LogP contribution in [-0.2, 0) is 6.54 Å². The maximum absolute atomic E-state index is 13.6. The van der Waals surface area contributed by atoms with Crippen molar-refractivity contribution in [3.8, 4) is 0 Å². The van der Waals surface area contributed by atoms with E-state index in [-0.39, 0.29) is 11.7 Å². The van der Waals surface area contributed by atoms with E-state index in [1.165, 1.54) is 12.1 Å². The molecule has 0 saturated heterocycles. The Morgan fingerprint density at radius 2 is 1.53 bits per heavy atom. The van der Waals surface area contributed by atoms with Crippen LogP contribution < -0.4 is 5.73 Å². The summed E-state index contributed by atoms with van der Waals surface area (Å²) in [6.07, 6.45) is 4.50. The van der Waals surface area contributed by atoms with Crippen molar-refractivity contribution in [3.05, 3.63) is 101 Å². The summed E-state index contributed by atoms with van der Waals surface area (Å²) in [5, 5.41) is 0. The van der Waals surface area contributed by atoms with Gasteiger partial charge >= 0.3 is 0 Å². The lowest BCUT2D eigenvalue weighted by Gasteiger charge is -2.17. The van der Waals surface area contributed by atoms with Crippen LogP contribution in [0.15, 0.2) is 78.0 Å². The molecule has 0 aliphatic rings. The van der Waals surface area contributed by atoms with Crippen LogP contribution >= 0.6 is 0 Å². The minimum absolute atomic E-state index is 0.259. The van der Waals surface area contributed by atoms with Crippen LogP contribution in [0.5, 0.6) is 0 Å². The molecule has 3 rings (SSSR count). The number of allylic oxidation sites excluding steroid dienone is 1. The molecule has 0 amide bonds. The molecule has 2 aromatic carbocycles. The van der Waals surface area contributed by atoms with E-state index in [2.05, 4.69) is 31.0 Å². The van der Waals surface area contributed by atoms with Crippen molar-refractivity contribution in [1.82, 2.24) is 4.98 Å². The second kappa shape index (κ2) is 10.1. The summed E-state index contributed by atoms with van der Waals surface area (Å²) in [7, 11) is 0. The van der Waals surface area contributed by atoms with E-state index in [0.29, 0.717) is 6.54 Å². The van der Waals surface area contributed by atoms with Gasteiger partial charge in [-0.15, -0.1) is 0 Å². The first kappa shape index (κ1) is 21.6. The van der Waals surface area contributed by atoms with Crippen molar-refractivity contribution in [3.63, 3.8) is 0 Å². The lowest BCUT2D eigenvalue weighted by molar-refractivity contribution is 0.627. The molecule has 3 nitrogen and oxygen atoms in total. The third-order valence-electron chi connectivity index (χ3n) is 5.38. The van der Waals surface area contributed by atoms with Crippen LogP contribution in [0.25, 0.3) is 11.3 Å². The van der Waals surface area contributed by atoms with Gasteiger partial charge in [0.2, 0.25) is 0 Å². The molecule has 1 heterocycles. The third-order valence-corrected chi connectivity index (χ3v) is 5.38. The minimum Gasteiger partial charge on any atom is -0.326 e. The van der Waals surface area contributed by atoms with Gasteiger partial charge in [-0.25, -0.2) is 4.39 Å². The Kier molecular flexibility index (Phi) is 7.26. The zero-order valence-corrected chi connectivity index (χ0v) is 17.8. The molecule has 0 bridgehead atoms. The lowest BCUT2D eigenvalue weighted by atomic mass is 9.94. The molecule has 0 spiro atoms. The topological polar surface area (TPSA) is 51.3 Å². The molecule has 0 fully saturated rings. The van der Waals surface area contributed by atoms with Gasteiger partial charge in [0.1, 0.15) is 5.82 Å². The van der Waals surface area contributed by atoms with E-state index in [1.54, 1.807) is 24.5 Å². The van der Waals surface area contributed by atoms with Gasteiger partial charge in [0.15, 0.2) is 0 Å². The molecule has 1 aromatic heterocycles. The van der Waals surface area contributed by atoms with E-state index in [4.69, 9.17) is 10.7 Å². The molecule has 0 saturated carbocycles. The summed E-state index contributed by atoms with van der Waals surface area (Å²) in [6.45, 7) is 6.90. The van der Waals surface area contributed by atoms with Crippen molar-refractivity contribution < 1.29 is 4.39 Å². The molecule has 0 radical (unpaired) electrons. The zero-order valence-electron chi connectivity index (χ0n) is 17.8. The molecule has 1 unspecified atom stereocenters. The van der Waals surface area contributed by atoms with Gasteiger partial charge in [0, 0.05) is 24.5 Å². The summed E-state index contributed by atoms with van der Waals surface area (Å²) in [6, 6.07) is 18.7. The fraction of sp³-hybridized carbons (Fsp3) is 0.231. The van der Waals surface area contributed by atoms with E-state index in [1.807, 2.05) is 31.2 Å². The zero-order chi connectivity index (χ0) is 21.5. The molecule has 3 aromatic rings. The van der Waals surface area contributed by atoms with E-state index >= 15 is 0 Å². The summed E-state index contributed by atoms with van der Waals surface area (Å²) in [5.74, 6) is -0.00224. The van der Waals surface area contributed by atoms with Crippen LogP contribution in [-0.4, -0.2) is 10.7 Å². The molecule has 0 aliphatic heterocycles. The number of aromatic nitrogens is 1. The van der Waals surface area contributed by atoms with Gasteiger partial charge in [-0.2, -0.15) is 0 Å². The van der Waals surface area contributed by atoms with Gasteiger partial charge in [-0.1, -0.05) is 38.1 Å². The molecule has 30 heavy (non-hydrogen) atoms. The second-order valence-corrected chi connectivity index (χ2v) is 7.42. The summed E-state index contributed by atoms with van der Waals surface area (Å²) < 4.78 is 13.6. The highest BCUT2D eigenvalue weighted by Crippen LogP contribution is 2.29. The number of rotatable bonds is 7. The number of halogens is 1. The predicted octanol–water partition coefficient (Wildman–Crippen LogP) is 6.10. The van der Waals surface area contributed by atoms with Gasteiger partial charge in [-0.3, -0.25) is 9.98 Å². The molecular formula is C26H28FN3. The van der Waals surface area contributed by atoms with Crippen molar-refractivity contribution >= 4 is 17.0 Å². The molecule has 0 aliphatic carbocycles. The standard InChI is InChI=1S/C26H28FN3/c1-4-18(2)25(22-7-5-20(17-28)6-8-22)30-26(23-9-11-24(27)12-10-23)19(3)21-13-15-29-16-14-21/h5-16,18H,4,17,28H2,1-3H3/b26-19+,30-25?. The molecule has 154 valence electrons. The second-order valence-electron chi connectivity index (χ2n) is 7.42. The Hall–Kier alpha value is -3.11. The van der Waals surface area contributed by atoms with Crippen LogP contribution in [0.3, 0.4) is 0 Å². The fourth-order valence-electron chi connectivity index (χ4n) is 3.30. The van der Waals surface area contributed by atoms with Crippen LogP contribution in [0.2, 0.25) is 0 Å². The van der Waals surface area contributed by atoms with Crippen molar-refractivity contribution in [2.75, 3.05) is 0 Å². The van der Waals surface area contributed by atoms with Crippen LogP contribution in [0.4, 0.5) is 4.39 Å². The smallest absolute Gasteiger partial charge is 0.123 e. The van der Waals surface area contributed by atoms with Crippen LogP contribution in [0.1, 0.15) is 49.4 Å². The quantitative estimate of drug-likeness (QED) is 0.486. The number of nitrogens with zero attached hydrogens (tertiary/aromatic N) is 2. The fourth-order valence-corrected chi connectivity index (χ4v) is 3.30. The SMILES string of the molecule is CCC(C)C(=N/C(=C(\C)c1ccncc1)c1ccc(F)cc1)c1ccc(CN)cc1. The molecule has 1 atom stereocenters. The van der Waals surface area contributed by atoms with Gasteiger partial charge < -0.3 is 5.73 Å². The van der Waals surface area contributed by atoms with Crippen LogP contribution in [0, 0.1) is 11.7 Å². The Morgan fingerprint density at radius 1 is 0.933 bits per heavy atom. The third kappa shape index (κ3) is 5.08. The van der Waals surface area contributed by atoms with Crippen molar-refractivity contribution in [1.29, 1.82) is 0 Å². The Labute approximate surface area is 178 Å². The van der Waals surface area contributed by atoms with Gasteiger partial charge in [0.05, 0.1) is 11.4 Å². The first-order valence-electron chi connectivity index (χ1n) is 10.3. The highest BCUT2D eigenvalue weighted by atomic mass is 19.1. The Balaban J connectivity index is 2.21. The van der Waals surface area contributed by atoms with E-state index in [0.717, 1.165) is 45.7 Å². The first-order valence-corrected chi connectivity index (χ1v) is 10.3. The largest absolute Gasteiger partial charge is 0.326 e. The normalized spacial score (nSPS) is 13.7. The lowest BCUT2D eigenvalue weighted by Crippen LogP contribution is -2.13. The average Bonchev–Trinajstić information content (AvgIpc) is 2.80. The summed E-state index contributed by atoms with van der Waals surface area (Å²) in [4.78, 5) is 9.29. The number of nitrogens with two attached hydrogens (primary N) is 1. The van der Waals surface area contributed by atoms with E-state index < -0.39 is 0 Å². The van der Waals surface area contributed by atoms with Crippen molar-refractivity contribution in [2.24, 2.45) is 16.6 Å². The molecular weight excluding hydrogens is 373 g/mol. The van der Waals surface area contributed by atoms with Gasteiger partial charge in [-0.05, 0) is 77.9 Å². The van der Waals surface area contributed by atoms with Gasteiger partial charge in [0.25, 0.3) is 0 Å². The summed E-state index contributed by atoms with van der Waals surface area (Å²) in [5.41, 5.74) is 12.7. The van der Waals surface area contributed by atoms with Crippen molar-refractivity contribution in [2.45, 2.75) is 33.7 Å². The average molecular weight is 402 g/mol. The number of hydrogen-bond donors (Lipinski definition) is 1. The minimum atomic E-state index is -0.261. The van der Waals surface area contributed by atoms with E-state index in [9.17, 15) is 4.39 Å². The number of pyridine rings is 1. The number of benzene rings is 2. The maximum Gasteiger partial charge on any atom is 0.123 e. The highest BCUT2D eigenvalue weighted by Gasteiger charge is 2.15. The highest BCUT2D eigenvalue weighted by molar-refractivity contribution is 6.07. The number of aliphatic imine (C=N–C) groups is 1. The predicted molar refractivity (Wildman–Crippen MR) is 123 cm³/mol. The monoisotopic (exact) mass is 401 g/mol. The first-order chi connectivity index (χ1) is 14.5. The Morgan fingerprint density at radius 3 is 2.10 bits per heavy atom. The Bertz CT molecular complexity index is 1020. The maximum atomic E-state index is 13.6. The molecule has 4 heteroatoms. The summed E-state index contributed by atoms with van der Waals surface area (Å²) >= 11 is 0. The molecule has 2 N–H and O–H groups in total.